The Morgan fingerprint density at radius 3 is 2.48 bits per heavy atom. The third-order valence-corrected chi connectivity index (χ3v) is 6.53. The van der Waals surface area contributed by atoms with Gasteiger partial charge in [0.05, 0.1) is 0 Å². The number of nitrogens with one attached hydrogen (secondary N) is 1. The van der Waals surface area contributed by atoms with E-state index >= 15 is 0 Å². The maximum Gasteiger partial charge on any atom is 0.322 e. The van der Waals surface area contributed by atoms with Gasteiger partial charge in [0, 0.05) is 49.3 Å². The molecule has 7 heteroatoms. The van der Waals surface area contributed by atoms with E-state index in [1.54, 1.807) is 0 Å². The molecule has 2 heterocycles. The molecule has 2 amide bonds. The Kier molecular flexibility index (Phi) is 6.51. The van der Waals surface area contributed by atoms with Gasteiger partial charge in [0.2, 0.25) is 5.13 Å². The first kappa shape index (κ1) is 21.3. The Morgan fingerprint density at radius 1 is 1.10 bits per heavy atom. The van der Waals surface area contributed by atoms with Crippen LogP contribution in [0.4, 0.5) is 15.6 Å². The number of rotatable bonds is 5. The number of aryl methyl sites for hydroxylation is 2. The molecule has 2 aromatic carbocycles. The molecule has 1 N–H and O–H groups in total. The van der Waals surface area contributed by atoms with Crippen LogP contribution in [0.1, 0.15) is 36.4 Å². The highest BCUT2D eigenvalue weighted by atomic mass is 32.1. The van der Waals surface area contributed by atoms with Crippen molar-refractivity contribution < 1.29 is 4.79 Å². The molecule has 3 aromatic rings. The minimum atomic E-state index is -0.0475. The van der Waals surface area contributed by atoms with Gasteiger partial charge in [0.15, 0.2) is 0 Å². The number of urea groups is 1. The standard InChI is InChI=1S/C24H29N5OS/c1-4-19-9-11-21(12-10-19)25-23(30)29-14-13-28(16-18(29)3)24-26-22(27-31-24)15-20-7-5-17(2)6-8-20/h5-12,18H,4,13-16H2,1-3H3,(H,25,30). The maximum atomic E-state index is 12.8. The van der Waals surface area contributed by atoms with Crippen molar-refractivity contribution in [3.63, 3.8) is 0 Å². The van der Waals surface area contributed by atoms with Crippen LogP contribution in [-0.2, 0) is 12.8 Å². The maximum absolute atomic E-state index is 12.8. The van der Waals surface area contributed by atoms with E-state index in [9.17, 15) is 4.79 Å². The van der Waals surface area contributed by atoms with Crippen molar-refractivity contribution in [2.24, 2.45) is 0 Å². The normalized spacial score (nSPS) is 16.4. The predicted molar refractivity (Wildman–Crippen MR) is 127 cm³/mol. The summed E-state index contributed by atoms with van der Waals surface area (Å²) in [4.78, 5) is 21.7. The molecule has 1 aromatic heterocycles. The van der Waals surface area contributed by atoms with Crippen molar-refractivity contribution in [3.05, 3.63) is 71.0 Å². The van der Waals surface area contributed by atoms with E-state index < -0.39 is 0 Å². The number of hydrogen-bond donors (Lipinski definition) is 1. The van der Waals surface area contributed by atoms with Gasteiger partial charge in [0.1, 0.15) is 5.82 Å². The van der Waals surface area contributed by atoms with E-state index in [1.807, 2.05) is 17.0 Å². The molecule has 0 saturated carbocycles. The minimum absolute atomic E-state index is 0.0475. The Bertz CT molecular complexity index is 1020. The number of anilines is 2. The summed E-state index contributed by atoms with van der Waals surface area (Å²) < 4.78 is 4.55. The molecule has 1 unspecified atom stereocenters. The van der Waals surface area contributed by atoms with Gasteiger partial charge in [-0.2, -0.15) is 4.37 Å². The van der Waals surface area contributed by atoms with Crippen molar-refractivity contribution in [2.45, 2.75) is 39.7 Å². The highest BCUT2D eigenvalue weighted by molar-refractivity contribution is 7.09. The minimum Gasteiger partial charge on any atom is -0.343 e. The zero-order valence-corrected chi connectivity index (χ0v) is 19.2. The molecule has 1 saturated heterocycles. The van der Waals surface area contributed by atoms with Crippen molar-refractivity contribution in [3.8, 4) is 0 Å². The molecule has 4 rings (SSSR count). The van der Waals surface area contributed by atoms with Gasteiger partial charge < -0.3 is 15.1 Å². The zero-order valence-electron chi connectivity index (χ0n) is 18.3. The number of carbonyl (C=O) groups is 1. The Labute approximate surface area is 188 Å². The monoisotopic (exact) mass is 435 g/mol. The van der Waals surface area contributed by atoms with Crippen LogP contribution in [-0.4, -0.2) is 46.0 Å². The molecule has 0 spiro atoms. The van der Waals surface area contributed by atoms with Crippen LogP contribution < -0.4 is 10.2 Å². The van der Waals surface area contributed by atoms with E-state index in [1.165, 1.54) is 28.2 Å². The van der Waals surface area contributed by atoms with E-state index in [2.05, 4.69) is 71.8 Å². The predicted octanol–water partition coefficient (Wildman–Crippen LogP) is 4.74. The second kappa shape index (κ2) is 9.47. The molecule has 0 bridgehead atoms. The largest absolute Gasteiger partial charge is 0.343 e. The number of amides is 2. The smallest absolute Gasteiger partial charge is 0.322 e. The summed E-state index contributed by atoms with van der Waals surface area (Å²) in [5, 5.41) is 3.96. The lowest BCUT2D eigenvalue weighted by Gasteiger charge is -2.39. The fourth-order valence-corrected chi connectivity index (χ4v) is 4.51. The summed E-state index contributed by atoms with van der Waals surface area (Å²) in [6.07, 6.45) is 1.73. The molecule has 162 valence electrons. The van der Waals surface area contributed by atoms with Crippen molar-refractivity contribution in [2.75, 3.05) is 29.9 Å². The number of nitrogens with zero attached hydrogens (tertiary/aromatic N) is 4. The topological polar surface area (TPSA) is 61.4 Å². The fourth-order valence-electron chi connectivity index (χ4n) is 3.79. The van der Waals surface area contributed by atoms with Crippen LogP contribution >= 0.6 is 11.5 Å². The van der Waals surface area contributed by atoms with Gasteiger partial charge in [0.25, 0.3) is 0 Å². The molecule has 1 fully saturated rings. The van der Waals surface area contributed by atoms with Crippen LogP contribution in [0.5, 0.6) is 0 Å². The van der Waals surface area contributed by atoms with Gasteiger partial charge >= 0.3 is 6.03 Å². The second-order valence-electron chi connectivity index (χ2n) is 8.12. The first-order valence-electron chi connectivity index (χ1n) is 10.8. The lowest BCUT2D eigenvalue weighted by atomic mass is 10.1. The first-order valence-corrected chi connectivity index (χ1v) is 11.6. The SMILES string of the molecule is CCc1ccc(NC(=O)N2CCN(c3nc(Cc4ccc(C)cc4)ns3)CC2C)cc1. The summed E-state index contributed by atoms with van der Waals surface area (Å²) >= 11 is 1.44. The highest BCUT2D eigenvalue weighted by Crippen LogP contribution is 2.23. The van der Waals surface area contributed by atoms with Gasteiger partial charge in [-0.25, -0.2) is 9.78 Å². The molecule has 0 aliphatic carbocycles. The van der Waals surface area contributed by atoms with Crippen LogP contribution in [0.2, 0.25) is 0 Å². The third kappa shape index (κ3) is 5.22. The average Bonchev–Trinajstić information content (AvgIpc) is 3.24. The van der Waals surface area contributed by atoms with Gasteiger partial charge in [-0.1, -0.05) is 48.9 Å². The van der Waals surface area contributed by atoms with Crippen LogP contribution in [0.25, 0.3) is 0 Å². The molecular weight excluding hydrogens is 406 g/mol. The van der Waals surface area contributed by atoms with E-state index in [-0.39, 0.29) is 12.1 Å². The Balaban J connectivity index is 1.33. The third-order valence-electron chi connectivity index (χ3n) is 5.71. The molecule has 6 nitrogen and oxygen atoms in total. The summed E-state index contributed by atoms with van der Waals surface area (Å²) in [7, 11) is 0. The lowest BCUT2D eigenvalue weighted by molar-refractivity contribution is 0.185. The number of benzene rings is 2. The molecule has 1 aliphatic heterocycles. The molecular formula is C24H29N5OS. The molecule has 1 atom stereocenters. The molecule has 31 heavy (non-hydrogen) atoms. The average molecular weight is 436 g/mol. The Morgan fingerprint density at radius 2 is 1.81 bits per heavy atom. The van der Waals surface area contributed by atoms with Gasteiger partial charge in [-0.3, -0.25) is 0 Å². The van der Waals surface area contributed by atoms with Crippen LogP contribution in [0, 0.1) is 6.92 Å². The lowest BCUT2D eigenvalue weighted by Crippen LogP contribution is -2.55. The second-order valence-corrected chi connectivity index (χ2v) is 8.85. The summed E-state index contributed by atoms with van der Waals surface area (Å²) in [5.41, 5.74) is 4.57. The highest BCUT2D eigenvalue weighted by Gasteiger charge is 2.29. The van der Waals surface area contributed by atoms with Crippen molar-refractivity contribution >= 4 is 28.4 Å². The molecule has 0 radical (unpaired) electrons. The van der Waals surface area contributed by atoms with Crippen molar-refractivity contribution in [1.82, 2.24) is 14.3 Å². The fraction of sp³-hybridized carbons (Fsp3) is 0.375. The number of hydrogen-bond acceptors (Lipinski definition) is 5. The van der Waals surface area contributed by atoms with Crippen LogP contribution in [0.15, 0.2) is 48.5 Å². The van der Waals surface area contributed by atoms with Crippen molar-refractivity contribution in [1.29, 1.82) is 0 Å². The van der Waals surface area contributed by atoms with Gasteiger partial charge in [-0.15, -0.1) is 0 Å². The first-order chi connectivity index (χ1) is 15.0. The van der Waals surface area contributed by atoms with Gasteiger partial charge in [-0.05, 0) is 43.5 Å². The van der Waals surface area contributed by atoms with E-state index in [0.29, 0.717) is 6.54 Å². The quantitative estimate of drug-likeness (QED) is 0.629. The Hall–Kier alpha value is -2.93. The summed E-state index contributed by atoms with van der Waals surface area (Å²) in [6, 6.07) is 16.6. The number of aromatic nitrogens is 2. The van der Waals surface area contributed by atoms with Crippen LogP contribution in [0.3, 0.4) is 0 Å². The van der Waals surface area contributed by atoms with E-state index in [0.717, 1.165) is 42.6 Å². The van der Waals surface area contributed by atoms with E-state index in [4.69, 9.17) is 4.98 Å². The molecule has 1 aliphatic rings. The number of carbonyl (C=O) groups excluding carboxylic acids is 1. The summed E-state index contributed by atoms with van der Waals surface area (Å²) in [6.45, 7) is 8.46. The number of piperazine rings is 1. The summed E-state index contributed by atoms with van der Waals surface area (Å²) in [5.74, 6) is 0.854. The zero-order chi connectivity index (χ0) is 21.8.